The first kappa shape index (κ1) is 22.6. The summed E-state index contributed by atoms with van der Waals surface area (Å²) < 4.78 is 43.0. The Bertz CT molecular complexity index is 591. The van der Waals surface area contributed by atoms with Gasteiger partial charge >= 0.3 is 12.1 Å². The molecule has 158 valence electrons. The molecule has 1 N–H and O–H groups in total. The summed E-state index contributed by atoms with van der Waals surface area (Å²) in [6.45, 7) is 4.20. The SMILES string of the molecule is CO[C@H]1CCN(C2CCOCC2)C[C@@H]1Cc1ccccc1.O=C(O)C(F)(F)F. The molecule has 0 unspecified atom stereocenters. The number of aliphatic carboxylic acids is 1. The number of carboxylic acids is 1. The van der Waals surface area contributed by atoms with Crippen LogP contribution in [-0.2, 0) is 20.7 Å². The predicted octanol–water partition coefficient (Wildman–Crippen LogP) is 3.38. The molecule has 1 aromatic rings. The molecule has 2 atom stereocenters. The lowest BCUT2D eigenvalue weighted by Gasteiger charge is -2.43. The van der Waals surface area contributed by atoms with Gasteiger partial charge in [-0.1, -0.05) is 30.3 Å². The summed E-state index contributed by atoms with van der Waals surface area (Å²) in [5, 5.41) is 7.12. The summed E-state index contributed by atoms with van der Waals surface area (Å²) in [4.78, 5) is 11.6. The summed E-state index contributed by atoms with van der Waals surface area (Å²) in [7, 11) is 1.87. The Morgan fingerprint density at radius 2 is 1.82 bits per heavy atom. The van der Waals surface area contributed by atoms with Crippen molar-refractivity contribution in [2.24, 2.45) is 5.92 Å². The van der Waals surface area contributed by atoms with Crippen molar-refractivity contribution in [3.8, 4) is 0 Å². The lowest BCUT2D eigenvalue weighted by molar-refractivity contribution is -0.192. The molecule has 0 aliphatic carbocycles. The summed E-state index contributed by atoms with van der Waals surface area (Å²) in [6.07, 6.45) is -0.0168. The van der Waals surface area contributed by atoms with E-state index in [4.69, 9.17) is 19.4 Å². The minimum atomic E-state index is -5.08. The molecule has 2 aliphatic rings. The quantitative estimate of drug-likeness (QED) is 0.835. The molecule has 0 aromatic heterocycles. The van der Waals surface area contributed by atoms with Crippen LogP contribution >= 0.6 is 0 Å². The number of piperidine rings is 1. The summed E-state index contributed by atoms with van der Waals surface area (Å²) >= 11 is 0. The highest BCUT2D eigenvalue weighted by molar-refractivity contribution is 5.73. The van der Waals surface area contributed by atoms with Crippen LogP contribution in [0.2, 0.25) is 0 Å². The molecule has 5 nitrogen and oxygen atoms in total. The van der Waals surface area contributed by atoms with Crippen molar-refractivity contribution in [3.63, 3.8) is 0 Å². The van der Waals surface area contributed by atoms with Gasteiger partial charge in [0.1, 0.15) is 0 Å². The number of ether oxygens (including phenoxy) is 2. The van der Waals surface area contributed by atoms with Crippen LogP contribution in [0.4, 0.5) is 13.2 Å². The highest BCUT2D eigenvalue weighted by atomic mass is 19.4. The maximum absolute atomic E-state index is 10.6. The molecule has 0 spiro atoms. The number of carboxylic acid groups (broad SMARTS) is 1. The number of nitrogens with zero attached hydrogens (tertiary/aromatic N) is 1. The third kappa shape index (κ3) is 7.07. The Hall–Kier alpha value is -1.64. The standard InChI is InChI=1S/C18H27NO2.C2HF3O2/c1-20-18-7-10-19(17-8-11-21-12-9-17)14-16(18)13-15-5-3-2-4-6-15;3-2(4,5)1(6)7/h2-6,16-18H,7-14H2,1H3;(H,6,7)/t16-,18-;/m0./s1. The fraction of sp³-hybridized carbons (Fsp3) is 0.650. The first-order chi connectivity index (χ1) is 13.3. The van der Waals surface area contributed by atoms with Crippen molar-refractivity contribution in [1.29, 1.82) is 0 Å². The third-order valence-corrected chi connectivity index (χ3v) is 5.29. The van der Waals surface area contributed by atoms with Crippen molar-refractivity contribution in [3.05, 3.63) is 35.9 Å². The summed E-state index contributed by atoms with van der Waals surface area (Å²) in [5.41, 5.74) is 1.43. The predicted molar refractivity (Wildman–Crippen MR) is 98.2 cm³/mol. The fourth-order valence-electron chi connectivity index (χ4n) is 3.84. The maximum Gasteiger partial charge on any atom is 0.490 e. The number of hydrogen-bond acceptors (Lipinski definition) is 4. The fourth-order valence-corrected chi connectivity index (χ4v) is 3.84. The second-order valence-corrected chi connectivity index (χ2v) is 7.15. The molecule has 2 aliphatic heterocycles. The number of halogens is 3. The lowest BCUT2D eigenvalue weighted by Crippen LogP contribution is -2.50. The number of hydrogen-bond donors (Lipinski definition) is 1. The molecule has 0 bridgehead atoms. The smallest absolute Gasteiger partial charge is 0.475 e. The third-order valence-electron chi connectivity index (χ3n) is 5.29. The molecular formula is C20H28F3NO4. The highest BCUT2D eigenvalue weighted by Crippen LogP contribution is 2.27. The molecular weight excluding hydrogens is 375 g/mol. The largest absolute Gasteiger partial charge is 0.490 e. The van der Waals surface area contributed by atoms with Gasteiger partial charge in [-0.15, -0.1) is 0 Å². The van der Waals surface area contributed by atoms with Crippen molar-refractivity contribution in [2.45, 2.75) is 44.0 Å². The zero-order valence-electron chi connectivity index (χ0n) is 16.0. The molecule has 2 heterocycles. The van der Waals surface area contributed by atoms with Crippen LogP contribution in [-0.4, -0.2) is 67.7 Å². The zero-order valence-corrected chi connectivity index (χ0v) is 16.0. The van der Waals surface area contributed by atoms with E-state index in [2.05, 4.69) is 35.2 Å². The van der Waals surface area contributed by atoms with Gasteiger partial charge in [0.2, 0.25) is 0 Å². The van der Waals surface area contributed by atoms with Crippen molar-refractivity contribution >= 4 is 5.97 Å². The van der Waals surface area contributed by atoms with Crippen LogP contribution in [0.15, 0.2) is 30.3 Å². The van der Waals surface area contributed by atoms with Gasteiger partial charge in [-0.25, -0.2) is 4.79 Å². The van der Waals surface area contributed by atoms with Gasteiger partial charge < -0.3 is 14.6 Å². The number of methoxy groups -OCH3 is 1. The Kier molecular flexibility index (Phi) is 8.72. The van der Waals surface area contributed by atoms with E-state index in [1.807, 2.05) is 7.11 Å². The molecule has 2 saturated heterocycles. The van der Waals surface area contributed by atoms with E-state index < -0.39 is 12.1 Å². The van der Waals surface area contributed by atoms with E-state index in [0.29, 0.717) is 12.0 Å². The summed E-state index contributed by atoms with van der Waals surface area (Å²) in [5.74, 6) is -2.15. The van der Waals surface area contributed by atoms with Gasteiger partial charge in [-0.05, 0) is 31.2 Å². The van der Waals surface area contributed by atoms with Gasteiger partial charge in [0, 0.05) is 45.4 Å². The van der Waals surface area contributed by atoms with Gasteiger partial charge in [0.25, 0.3) is 0 Å². The van der Waals surface area contributed by atoms with Crippen LogP contribution in [0.3, 0.4) is 0 Å². The van der Waals surface area contributed by atoms with Crippen LogP contribution in [0.1, 0.15) is 24.8 Å². The van der Waals surface area contributed by atoms with E-state index in [-0.39, 0.29) is 0 Å². The van der Waals surface area contributed by atoms with E-state index in [1.165, 1.54) is 24.9 Å². The maximum atomic E-state index is 10.6. The van der Waals surface area contributed by atoms with E-state index in [1.54, 1.807) is 0 Å². The van der Waals surface area contributed by atoms with Crippen LogP contribution < -0.4 is 0 Å². The Morgan fingerprint density at radius 1 is 1.21 bits per heavy atom. The topological polar surface area (TPSA) is 59.0 Å². The molecule has 0 radical (unpaired) electrons. The van der Waals surface area contributed by atoms with Crippen molar-refractivity contribution in [2.75, 3.05) is 33.4 Å². The van der Waals surface area contributed by atoms with Crippen LogP contribution in [0, 0.1) is 5.92 Å². The number of rotatable bonds is 4. The first-order valence-corrected chi connectivity index (χ1v) is 9.50. The lowest BCUT2D eigenvalue weighted by atomic mass is 9.87. The van der Waals surface area contributed by atoms with E-state index >= 15 is 0 Å². The van der Waals surface area contributed by atoms with Gasteiger partial charge in [0.05, 0.1) is 6.10 Å². The van der Waals surface area contributed by atoms with E-state index in [0.717, 1.165) is 38.6 Å². The second kappa shape index (κ2) is 10.8. The molecule has 0 amide bonds. The van der Waals surface area contributed by atoms with Gasteiger partial charge in [-0.3, -0.25) is 4.90 Å². The minimum Gasteiger partial charge on any atom is -0.475 e. The van der Waals surface area contributed by atoms with Gasteiger partial charge in [0.15, 0.2) is 0 Å². The normalized spacial score (nSPS) is 24.3. The Morgan fingerprint density at radius 3 is 2.36 bits per heavy atom. The van der Waals surface area contributed by atoms with Crippen molar-refractivity contribution in [1.82, 2.24) is 4.90 Å². The average Bonchev–Trinajstić information content (AvgIpc) is 2.69. The monoisotopic (exact) mass is 403 g/mol. The average molecular weight is 403 g/mol. The molecule has 8 heteroatoms. The number of likely N-dealkylation sites (tertiary alicyclic amines) is 1. The zero-order chi connectivity index (χ0) is 20.6. The van der Waals surface area contributed by atoms with Crippen LogP contribution in [0.25, 0.3) is 0 Å². The second-order valence-electron chi connectivity index (χ2n) is 7.15. The number of benzene rings is 1. The van der Waals surface area contributed by atoms with Crippen LogP contribution in [0.5, 0.6) is 0 Å². The molecule has 28 heavy (non-hydrogen) atoms. The van der Waals surface area contributed by atoms with E-state index in [9.17, 15) is 13.2 Å². The van der Waals surface area contributed by atoms with Crippen molar-refractivity contribution < 1.29 is 32.5 Å². The molecule has 1 aromatic carbocycles. The number of carbonyl (C=O) groups is 1. The van der Waals surface area contributed by atoms with Gasteiger partial charge in [-0.2, -0.15) is 13.2 Å². The molecule has 2 fully saturated rings. The Labute approximate surface area is 163 Å². The minimum absolute atomic E-state index is 0.404. The Balaban J connectivity index is 0.000000345. The first-order valence-electron chi connectivity index (χ1n) is 9.50. The molecule has 0 saturated carbocycles. The summed E-state index contributed by atoms with van der Waals surface area (Å²) in [6, 6.07) is 11.5. The molecule has 3 rings (SSSR count). The highest BCUT2D eigenvalue weighted by Gasteiger charge is 2.38. The number of alkyl halides is 3.